The largest absolute Gasteiger partial charge is 0.490 e. The molecule has 39 heavy (non-hydrogen) atoms. The maximum Gasteiger partial charge on any atom is 0.350 e. The number of nitrogens with zero attached hydrogens (tertiary/aromatic N) is 2. The van der Waals surface area contributed by atoms with Crippen LogP contribution in [0, 0.1) is 6.92 Å². The minimum absolute atomic E-state index is 0.0413. The molecule has 4 aromatic rings. The Kier molecular flexibility index (Phi) is 7.21. The van der Waals surface area contributed by atoms with Gasteiger partial charge in [-0.25, -0.2) is 9.78 Å². The third kappa shape index (κ3) is 4.57. The number of hydrogen-bond donors (Lipinski definition) is 0. The molecule has 0 saturated heterocycles. The predicted molar refractivity (Wildman–Crippen MR) is 147 cm³/mol. The standard InChI is InChI=1S/C29H26N2O7S/c1-5-14-37-28(34)26-16(4)30-29(39-26)31-23(17-12-13-20(35-6-2)21(15-17)36-7-3)22-24(32)18-10-8-9-11-19(18)38-25(22)27(31)33/h5,8-13,15,23H,1,6-7,14H2,2-4H3/t23-/m1/s1. The van der Waals surface area contributed by atoms with E-state index in [1.165, 1.54) is 11.0 Å². The molecule has 0 spiro atoms. The zero-order valence-electron chi connectivity index (χ0n) is 21.7. The fourth-order valence-corrected chi connectivity index (χ4v) is 5.53. The maximum absolute atomic E-state index is 13.9. The summed E-state index contributed by atoms with van der Waals surface area (Å²) < 4.78 is 22.7. The Balaban J connectivity index is 1.72. The minimum atomic E-state index is -0.883. The molecule has 0 fully saturated rings. The van der Waals surface area contributed by atoms with Crippen molar-refractivity contribution < 1.29 is 28.2 Å². The van der Waals surface area contributed by atoms with Crippen LogP contribution < -0.4 is 19.8 Å². The molecular formula is C29H26N2O7S. The van der Waals surface area contributed by atoms with Crippen LogP contribution in [0.5, 0.6) is 11.5 Å². The highest BCUT2D eigenvalue weighted by Crippen LogP contribution is 2.44. The van der Waals surface area contributed by atoms with Gasteiger partial charge in [-0.15, -0.1) is 0 Å². The summed E-state index contributed by atoms with van der Waals surface area (Å²) in [5.41, 5.74) is 1.17. The molecular weight excluding hydrogens is 520 g/mol. The third-order valence-corrected chi connectivity index (χ3v) is 7.31. The van der Waals surface area contributed by atoms with Crippen LogP contribution in [0.1, 0.15) is 56.9 Å². The molecule has 2 aromatic heterocycles. The van der Waals surface area contributed by atoms with Crippen molar-refractivity contribution in [3.63, 3.8) is 0 Å². The first-order chi connectivity index (χ1) is 18.9. The molecule has 10 heteroatoms. The Morgan fingerprint density at radius 3 is 2.62 bits per heavy atom. The van der Waals surface area contributed by atoms with Crippen LogP contribution >= 0.6 is 11.3 Å². The second kappa shape index (κ2) is 10.7. The van der Waals surface area contributed by atoms with Gasteiger partial charge in [0.2, 0.25) is 5.76 Å². The fraction of sp³-hybridized carbons (Fsp3) is 0.241. The van der Waals surface area contributed by atoms with E-state index in [0.29, 0.717) is 46.9 Å². The molecule has 200 valence electrons. The van der Waals surface area contributed by atoms with Crippen LogP contribution in [0.2, 0.25) is 0 Å². The second-order valence-electron chi connectivity index (χ2n) is 8.62. The van der Waals surface area contributed by atoms with Crippen LogP contribution in [0.25, 0.3) is 11.0 Å². The molecule has 5 rings (SSSR count). The van der Waals surface area contributed by atoms with Gasteiger partial charge in [-0.05, 0) is 50.6 Å². The lowest BCUT2D eigenvalue weighted by molar-refractivity contribution is 0.0554. The van der Waals surface area contributed by atoms with Crippen molar-refractivity contribution in [1.82, 2.24) is 4.98 Å². The Hall–Kier alpha value is -4.44. The van der Waals surface area contributed by atoms with Crippen molar-refractivity contribution in [2.24, 2.45) is 0 Å². The minimum Gasteiger partial charge on any atom is -0.490 e. The van der Waals surface area contributed by atoms with Crippen molar-refractivity contribution in [2.45, 2.75) is 26.8 Å². The Bertz CT molecular complexity index is 1660. The van der Waals surface area contributed by atoms with Gasteiger partial charge in [0.05, 0.1) is 35.9 Å². The number of para-hydroxylation sites is 1. The van der Waals surface area contributed by atoms with Gasteiger partial charge in [-0.2, -0.15) is 0 Å². The zero-order valence-corrected chi connectivity index (χ0v) is 22.5. The van der Waals surface area contributed by atoms with Gasteiger partial charge in [-0.3, -0.25) is 14.5 Å². The van der Waals surface area contributed by atoms with Gasteiger partial charge < -0.3 is 18.6 Å². The highest BCUT2D eigenvalue weighted by atomic mass is 32.1. The summed E-state index contributed by atoms with van der Waals surface area (Å²) in [5.74, 6) is -0.158. The van der Waals surface area contributed by atoms with Gasteiger partial charge >= 0.3 is 5.97 Å². The number of amides is 1. The highest BCUT2D eigenvalue weighted by molar-refractivity contribution is 7.17. The normalized spacial score (nSPS) is 14.4. The lowest BCUT2D eigenvalue weighted by Gasteiger charge is -2.23. The van der Waals surface area contributed by atoms with Crippen LogP contribution in [-0.4, -0.2) is 36.7 Å². The van der Waals surface area contributed by atoms with Gasteiger partial charge in [0.25, 0.3) is 5.91 Å². The number of esters is 1. The molecule has 0 N–H and O–H groups in total. The number of aryl methyl sites for hydroxylation is 1. The van der Waals surface area contributed by atoms with Gasteiger partial charge in [-0.1, -0.05) is 42.2 Å². The SMILES string of the molecule is C=CCOC(=O)c1sc(N2C(=O)c3oc4ccccc4c(=O)c3[C@H]2c2ccc(OCC)c(OCC)c2)nc1C. The van der Waals surface area contributed by atoms with Gasteiger partial charge in [0, 0.05) is 0 Å². The molecule has 0 aliphatic carbocycles. The summed E-state index contributed by atoms with van der Waals surface area (Å²) in [6, 6.07) is 11.2. The van der Waals surface area contributed by atoms with Crippen molar-refractivity contribution in [1.29, 1.82) is 0 Å². The van der Waals surface area contributed by atoms with Gasteiger partial charge in [0.15, 0.2) is 22.1 Å². The average molecular weight is 547 g/mol. The van der Waals surface area contributed by atoms with Crippen LogP contribution in [0.3, 0.4) is 0 Å². The summed E-state index contributed by atoms with van der Waals surface area (Å²) in [6.07, 6.45) is 1.47. The summed E-state index contributed by atoms with van der Waals surface area (Å²) in [4.78, 5) is 46.5. The molecule has 3 heterocycles. The molecule has 0 saturated carbocycles. The first-order valence-electron chi connectivity index (χ1n) is 12.4. The lowest BCUT2D eigenvalue weighted by atomic mass is 9.98. The van der Waals surface area contributed by atoms with E-state index >= 15 is 0 Å². The first-order valence-corrected chi connectivity index (χ1v) is 13.2. The van der Waals surface area contributed by atoms with Crippen molar-refractivity contribution in [3.8, 4) is 11.5 Å². The number of carbonyl (C=O) groups is 2. The van der Waals surface area contributed by atoms with E-state index < -0.39 is 17.9 Å². The molecule has 0 unspecified atom stereocenters. The van der Waals surface area contributed by atoms with E-state index in [2.05, 4.69) is 11.6 Å². The summed E-state index contributed by atoms with van der Waals surface area (Å²) in [5, 5.41) is 0.589. The van der Waals surface area contributed by atoms with Crippen molar-refractivity contribution in [2.75, 3.05) is 24.7 Å². The van der Waals surface area contributed by atoms with E-state index in [9.17, 15) is 14.4 Å². The molecule has 1 amide bonds. The first kappa shape index (κ1) is 26.2. The number of carbonyl (C=O) groups excluding carboxylic acids is 2. The van der Waals surface area contributed by atoms with E-state index in [0.717, 1.165) is 11.3 Å². The monoisotopic (exact) mass is 546 g/mol. The zero-order chi connectivity index (χ0) is 27.7. The molecule has 0 radical (unpaired) electrons. The van der Waals surface area contributed by atoms with E-state index in [4.69, 9.17) is 18.6 Å². The molecule has 1 aliphatic heterocycles. The number of anilines is 1. The van der Waals surface area contributed by atoms with E-state index in [1.54, 1.807) is 49.4 Å². The second-order valence-corrected chi connectivity index (χ2v) is 9.60. The number of ether oxygens (including phenoxy) is 3. The van der Waals surface area contributed by atoms with E-state index in [1.807, 2.05) is 13.8 Å². The van der Waals surface area contributed by atoms with Crippen LogP contribution in [-0.2, 0) is 4.74 Å². The number of aromatic nitrogens is 1. The van der Waals surface area contributed by atoms with Crippen LogP contribution in [0.15, 0.2) is 64.3 Å². The third-order valence-electron chi connectivity index (χ3n) is 6.17. The molecule has 1 aliphatic rings. The summed E-state index contributed by atoms with van der Waals surface area (Å²) in [7, 11) is 0. The fourth-order valence-electron chi connectivity index (χ4n) is 4.54. The smallest absolute Gasteiger partial charge is 0.350 e. The van der Waals surface area contributed by atoms with Crippen molar-refractivity contribution in [3.05, 3.63) is 92.8 Å². The summed E-state index contributed by atoms with van der Waals surface area (Å²) >= 11 is 1.01. The van der Waals surface area contributed by atoms with Crippen molar-refractivity contribution >= 4 is 39.3 Å². The average Bonchev–Trinajstić information content (AvgIpc) is 3.46. The van der Waals surface area contributed by atoms with Crippen LogP contribution in [0.4, 0.5) is 5.13 Å². The quantitative estimate of drug-likeness (QED) is 0.202. The van der Waals surface area contributed by atoms with E-state index in [-0.39, 0.29) is 33.4 Å². The number of thiazole rings is 1. The molecule has 9 nitrogen and oxygen atoms in total. The van der Waals surface area contributed by atoms with Gasteiger partial charge in [0.1, 0.15) is 17.1 Å². The predicted octanol–water partition coefficient (Wildman–Crippen LogP) is 5.45. The number of benzene rings is 2. The molecule has 0 bridgehead atoms. The molecule has 2 aromatic carbocycles. The molecule has 1 atom stereocenters. The Labute approximate surface area is 228 Å². The lowest BCUT2D eigenvalue weighted by Crippen LogP contribution is -2.29. The number of rotatable bonds is 9. The number of fused-ring (bicyclic) bond motifs is 2. The summed E-state index contributed by atoms with van der Waals surface area (Å²) in [6.45, 7) is 9.82. The topological polar surface area (TPSA) is 108 Å². The Morgan fingerprint density at radius 2 is 1.87 bits per heavy atom. The Morgan fingerprint density at radius 1 is 1.13 bits per heavy atom. The maximum atomic E-state index is 13.9. The highest BCUT2D eigenvalue weighted by Gasteiger charge is 2.45. The number of hydrogen-bond acceptors (Lipinski definition) is 9.